The van der Waals surface area contributed by atoms with E-state index in [2.05, 4.69) is 18.7 Å². The van der Waals surface area contributed by atoms with Crippen molar-refractivity contribution in [2.75, 3.05) is 20.2 Å². The maximum absolute atomic E-state index is 13.1. The van der Waals surface area contributed by atoms with Gasteiger partial charge in [0.05, 0.1) is 12.1 Å². The van der Waals surface area contributed by atoms with Gasteiger partial charge in [-0.05, 0) is 55.3 Å². The SMILES string of the molecule is COc1cc(/C=C/C(=O)N2C[C@@H](C)N(Cc3ccc(F)cc3)C[C@@H]2C)ccc1Cl. The molecule has 0 unspecified atom stereocenters. The molecule has 2 aromatic carbocycles. The first-order valence-corrected chi connectivity index (χ1v) is 10.1. The minimum absolute atomic E-state index is 0.0142. The summed E-state index contributed by atoms with van der Waals surface area (Å²) in [5.74, 6) is 0.341. The van der Waals surface area contributed by atoms with Gasteiger partial charge in [0.1, 0.15) is 11.6 Å². The fraction of sp³-hybridized carbons (Fsp3) is 0.348. The lowest BCUT2D eigenvalue weighted by atomic mass is 10.1. The van der Waals surface area contributed by atoms with Crippen LogP contribution in [0.4, 0.5) is 4.39 Å². The van der Waals surface area contributed by atoms with Crippen LogP contribution in [0.1, 0.15) is 25.0 Å². The number of methoxy groups -OCH3 is 1. The third-order valence-corrected chi connectivity index (χ3v) is 5.60. The van der Waals surface area contributed by atoms with Gasteiger partial charge in [0.15, 0.2) is 0 Å². The van der Waals surface area contributed by atoms with Gasteiger partial charge in [0, 0.05) is 37.8 Å². The Hall–Kier alpha value is -2.37. The van der Waals surface area contributed by atoms with E-state index >= 15 is 0 Å². The van der Waals surface area contributed by atoms with Crippen LogP contribution in [0.5, 0.6) is 5.75 Å². The number of ether oxygens (including phenoxy) is 1. The van der Waals surface area contributed by atoms with E-state index < -0.39 is 0 Å². The lowest BCUT2D eigenvalue weighted by molar-refractivity contribution is -0.131. The number of benzene rings is 2. The maximum atomic E-state index is 13.1. The van der Waals surface area contributed by atoms with E-state index in [1.165, 1.54) is 12.1 Å². The molecule has 1 fully saturated rings. The fourth-order valence-corrected chi connectivity index (χ4v) is 3.79. The van der Waals surface area contributed by atoms with Crippen molar-refractivity contribution in [2.45, 2.75) is 32.5 Å². The normalized spacial score (nSPS) is 20.2. The van der Waals surface area contributed by atoms with Crippen LogP contribution in [0, 0.1) is 5.82 Å². The number of halogens is 2. The predicted octanol–water partition coefficient (Wildman–Crippen LogP) is 4.62. The lowest BCUT2D eigenvalue weighted by Crippen LogP contribution is -2.57. The first kappa shape index (κ1) is 21.3. The monoisotopic (exact) mass is 416 g/mol. The molecular weight excluding hydrogens is 391 g/mol. The van der Waals surface area contributed by atoms with E-state index in [0.717, 1.165) is 24.2 Å². The molecule has 154 valence electrons. The van der Waals surface area contributed by atoms with Crippen molar-refractivity contribution in [2.24, 2.45) is 0 Å². The fourth-order valence-electron chi connectivity index (χ4n) is 3.59. The number of piperazine rings is 1. The first-order chi connectivity index (χ1) is 13.9. The molecule has 0 bridgehead atoms. The Kier molecular flexibility index (Phi) is 6.93. The van der Waals surface area contributed by atoms with Crippen LogP contribution in [0.25, 0.3) is 6.08 Å². The number of rotatable bonds is 5. The summed E-state index contributed by atoms with van der Waals surface area (Å²) in [6.45, 7) is 6.33. The zero-order valence-electron chi connectivity index (χ0n) is 16.9. The highest BCUT2D eigenvalue weighted by Gasteiger charge is 2.30. The molecule has 0 N–H and O–H groups in total. The van der Waals surface area contributed by atoms with Crippen LogP contribution in [-0.4, -0.2) is 48.0 Å². The standard InChI is InChI=1S/C23H26ClFN2O2/c1-16-14-27(17(2)13-26(16)15-19-4-8-20(25)9-5-19)23(28)11-7-18-6-10-21(24)22(12-18)29-3/h4-12,16-17H,13-15H2,1-3H3/b11-7+/t16-,17+/m1/s1. The van der Waals surface area contributed by atoms with Gasteiger partial charge < -0.3 is 9.64 Å². The topological polar surface area (TPSA) is 32.8 Å². The highest BCUT2D eigenvalue weighted by atomic mass is 35.5. The molecule has 1 amide bonds. The van der Waals surface area contributed by atoms with Crippen LogP contribution in [0.3, 0.4) is 0 Å². The number of amides is 1. The summed E-state index contributed by atoms with van der Waals surface area (Å²) in [4.78, 5) is 17.0. The quantitative estimate of drug-likeness (QED) is 0.666. The van der Waals surface area contributed by atoms with Gasteiger partial charge in [-0.3, -0.25) is 9.69 Å². The average Bonchev–Trinajstić information content (AvgIpc) is 2.71. The number of carbonyl (C=O) groups is 1. The van der Waals surface area contributed by atoms with Crippen molar-refractivity contribution in [1.29, 1.82) is 0 Å². The average molecular weight is 417 g/mol. The van der Waals surface area contributed by atoms with E-state index in [1.807, 2.05) is 23.1 Å². The van der Waals surface area contributed by atoms with Gasteiger partial charge in [0.25, 0.3) is 0 Å². The molecule has 1 aliphatic heterocycles. The van der Waals surface area contributed by atoms with Crippen LogP contribution >= 0.6 is 11.6 Å². The van der Waals surface area contributed by atoms with Crippen LogP contribution in [0.2, 0.25) is 5.02 Å². The van der Waals surface area contributed by atoms with Crippen molar-refractivity contribution >= 4 is 23.6 Å². The highest BCUT2D eigenvalue weighted by Crippen LogP contribution is 2.26. The minimum Gasteiger partial charge on any atom is -0.495 e. The van der Waals surface area contributed by atoms with Crippen molar-refractivity contribution < 1.29 is 13.9 Å². The summed E-state index contributed by atoms with van der Waals surface area (Å²) in [7, 11) is 1.56. The largest absolute Gasteiger partial charge is 0.495 e. The Balaban J connectivity index is 1.63. The van der Waals surface area contributed by atoms with Crippen molar-refractivity contribution in [3.05, 3.63) is 70.5 Å². The maximum Gasteiger partial charge on any atom is 0.246 e. The second-order valence-corrected chi connectivity index (χ2v) is 7.88. The van der Waals surface area contributed by atoms with Crippen LogP contribution in [0.15, 0.2) is 48.5 Å². The van der Waals surface area contributed by atoms with E-state index in [9.17, 15) is 9.18 Å². The molecule has 3 rings (SSSR count). The third kappa shape index (κ3) is 5.37. The van der Waals surface area contributed by atoms with Gasteiger partial charge >= 0.3 is 0 Å². The first-order valence-electron chi connectivity index (χ1n) is 9.68. The zero-order valence-corrected chi connectivity index (χ0v) is 17.7. The molecule has 1 heterocycles. The summed E-state index contributed by atoms with van der Waals surface area (Å²) in [6.07, 6.45) is 3.38. The molecule has 1 aliphatic rings. The molecule has 0 aliphatic carbocycles. The lowest BCUT2D eigenvalue weighted by Gasteiger charge is -2.44. The van der Waals surface area contributed by atoms with E-state index in [-0.39, 0.29) is 23.8 Å². The summed E-state index contributed by atoms with van der Waals surface area (Å²) < 4.78 is 18.3. The molecule has 29 heavy (non-hydrogen) atoms. The molecule has 0 spiro atoms. The molecule has 6 heteroatoms. The number of hydrogen-bond donors (Lipinski definition) is 0. The van der Waals surface area contributed by atoms with Gasteiger partial charge in [-0.25, -0.2) is 4.39 Å². The molecule has 4 nitrogen and oxygen atoms in total. The van der Waals surface area contributed by atoms with E-state index in [1.54, 1.807) is 31.4 Å². The zero-order chi connectivity index (χ0) is 21.0. The molecule has 0 aromatic heterocycles. The number of carbonyl (C=O) groups excluding carboxylic acids is 1. The van der Waals surface area contributed by atoms with Crippen molar-refractivity contribution in [3.8, 4) is 5.75 Å². The van der Waals surface area contributed by atoms with Crippen molar-refractivity contribution in [1.82, 2.24) is 9.80 Å². The van der Waals surface area contributed by atoms with Crippen LogP contribution < -0.4 is 4.74 Å². The van der Waals surface area contributed by atoms with Crippen LogP contribution in [-0.2, 0) is 11.3 Å². The molecular formula is C23H26ClFN2O2. The summed E-state index contributed by atoms with van der Waals surface area (Å²) >= 11 is 6.05. The Morgan fingerprint density at radius 1 is 1.17 bits per heavy atom. The highest BCUT2D eigenvalue weighted by molar-refractivity contribution is 6.32. The summed E-state index contributed by atoms with van der Waals surface area (Å²) in [5, 5.41) is 0.538. The smallest absolute Gasteiger partial charge is 0.246 e. The molecule has 0 saturated carbocycles. The molecule has 2 aromatic rings. The predicted molar refractivity (Wildman–Crippen MR) is 114 cm³/mol. The summed E-state index contributed by atoms with van der Waals surface area (Å²) in [6, 6.07) is 12.3. The number of nitrogens with zero attached hydrogens (tertiary/aromatic N) is 2. The van der Waals surface area contributed by atoms with Crippen molar-refractivity contribution in [3.63, 3.8) is 0 Å². The molecule has 0 radical (unpaired) electrons. The van der Waals surface area contributed by atoms with E-state index in [0.29, 0.717) is 17.3 Å². The molecule has 2 atom stereocenters. The Bertz CT molecular complexity index is 885. The third-order valence-electron chi connectivity index (χ3n) is 5.29. The number of hydrogen-bond acceptors (Lipinski definition) is 3. The second-order valence-electron chi connectivity index (χ2n) is 7.47. The minimum atomic E-state index is -0.226. The van der Waals surface area contributed by atoms with E-state index in [4.69, 9.17) is 16.3 Å². The van der Waals surface area contributed by atoms with Gasteiger partial charge in [0.2, 0.25) is 5.91 Å². The Morgan fingerprint density at radius 2 is 1.90 bits per heavy atom. The Labute approximate surface area is 176 Å². The summed E-state index contributed by atoms with van der Waals surface area (Å²) in [5.41, 5.74) is 1.93. The van der Waals surface area contributed by atoms with Gasteiger partial charge in [-0.1, -0.05) is 29.8 Å². The Morgan fingerprint density at radius 3 is 2.59 bits per heavy atom. The molecule has 1 saturated heterocycles. The van der Waals surface area contributed by atoms with Gasteiger partial charge in [-0.15, -0.1) is 0 Å². The second kappa shape index (κ2) is 9.42. The van der Waals surface area contributed by atoms with Gasteiger partial charge in [-0.2, -0.15) is 0 Å².